The predicted molar refractivity (Wildman–Crippen MR) is 76.7 cm³/mol. The van der Waals surface area contributed by atoms with E-state index in [0.717, 1.165) is 15.6 Å². The molecule has 0 aromatic heterocycles. The number of halogens is 1. The molecule has 2 bridgehead atoms. The highest BCUT2D eigenvalue weighted by atomic mass is 79.9. The SMILES string of the molecule is COC(=O)c1ccc2c(c1)[C@@H]1O[C@H]2c2ccc(Br)cc21. The Morgan fingerprint density at radius 1 is 1.05 bits per heavy atom. The maximum absolute atomic E-state index is 11.6. The van der Waals surface area contributed by atoms with Gasteiger partial charge in [-0.25, -0.2) is 4.79 Å². The molecule has 2 aliphatic heterocycles. The second-order valence-corrected chi connectivity index (χ2v) is 5.92. The lowest BCUT2D eigenvalue weighted by Gasteiger charge is -2.16. The van der Waals surface area contributed by atoms with Crippen LogP contribution in [0, 0.1) is 0 Å². The summed E-state index contributed by atoms with van der Waals surface area (Å²) in [5, 5.41) is 0. The molecule has 0 saturated heterocycles. The Morgan fingerprint density at radius 2 is 1.70 bits per heavy atom. The zero-order valence-electron chi connectivity index (χ0n) is 10.7. The van der Waals surface area contributed by atoms with Gasteiger partial charge in [0.25, 0.3) is 0 Å². The minimum Gasteiger partial charge on any atom is -0.465 e. The maximum atomic E-state index is 11.6. The third-order valence-corrected chi connectivity index (χ3v) is 4.45. The summed E-state index contributed by atoms with van der Waals surface area (Å²) in [6.07, 6.45) is -0.0862. The fourth-order valence-corrected chi connectivity index (χ4v) is 3.44. The summed E-state index contributed by atoms with van der Waals surface area (Å²) in [5.74, 6) is -0.315. The number of benzene rings is 2. The van der Waals surface area contributed by atoms with Gasteiger partial charge in [0.2, 0.25) is 0 Å². The summed E-state index contributed by atoms with van der Waals surface area (Å²) in [4.78, 5) is 11.6. The van der Waals surface area contributed by atoms with Crippen molar-refractivity contribution < 1.29 is 14.3 Å². The second kappa shape index (κ2) is 4.17. The van der Waals surface area contributed by atoms with E-state index in [9.17, 15) is 4.79 Å². The van der Waals surface area contributed by atoms with Crippen molar-refractivity contribution in [2.75, 3.05) is 7.11 Å². The minimum absolute atomic E-state index is 0.00945. The molecule has 0 spiro atoms. The van der Waals surface area contributed by atoms with Crippen molar-refractivity contribution in [1.29, 1.82) is 0 Å². The first-order valence-electron chi connectivity index (χ1n) is 6.36. The van der Waals surface area contributed by atoms with Crippen LogP contribution in [0.25, 0.3) is 0 Å². The van der Waals surface area contributed by atoms with Crippen LogP contribution in [0.5, 0.6) is 0 Å². The predicted octanol–water partition coefficient (Wildman–Crippen LogP) is 3.76. The van der Waals surface area contributed by atoms with E-state index < -0.39 is 0 Å². The van der Waals surface area contributed by atoms with E-state index in [1.807, 2.05) is 18.2 Å². The van der Waals surface area contributed by atoms with Gasteiger partial charge in [-0.3, -0.25) is 0 Å². The largest absolute Gasteiger partial charge is 0.465 e. The molecule has 2 heterocycles. The Kier molecular flexibility index (Phi) is 2.53. The molecule has 0 fully saturated rings. The van der Waals surface area contributed by atoms with E-state index in [-0.39, 0.29) is 18.2 Å². The number of fused-ring (bicyclic) bond motifs is 8. The van der Waals surface area contributed by atoms with Crippen molar-refractivity contribution in [2.24, 2.45) is 0 Å². The van der Waals surface area contributed by atoms with Crippen LogP contribution in [0.2, 0.25) is 0 Å². The quantitative estimate of drug-likeness (QED) is 0.747. The van der Waals surface area contributed by atoms with Gasteiger partial charge in [0.05, 0.1) is 12.7 Å². The first-order chi connectivity index (χ1) is 9.69. The minimum atomic E-state index is -0.315. The van der Waals surface area contributed by atoms with Gasteiger partial charge in [0, 0.05) is 4.47 Å². The second-order valence-electron chi connectivity index (χ2n) is 5.00. The zero-order valence-corrected chi connectivity index (χ0v) is 12.3. The smallest absolute Gasteiger partial charge is 0.337 e. The maximum Gasteiger partial charge on any atom is 0.337 e. The summed E-state index contributed by atoms with van der Waals surface area (Å²) < 4.78 is 11.9. The molecule has 0 saturated carbocycles. The van der Waals surface area contributed by atoms with E-state index in [1.54, 1.807) is 6.07 Å². The summed E-state index contributed by atoms with van der Waals surface area (Å²) in [5.41, 5.74) is 5.19. The number of rotatable bonds is 1. The number of hydrogen-bond acceptors (Lipinski definition) is 3. The third kappa shape index (κ3) is 1.52. The van der Waals surface area contributed by atoms with Crippen molar-refractivity contribution in [3.8, 4) is 0 Å². The normalized spacial score (nSPS) is 21.5. The Morgan fingerprint density at radius 3 is 2.45 bits per heavy atom. The van der Waals surface area contributed by atoms with E-state index in [4.69, 9.17) is 9.47 Å². The Labute approximate surface area is 124 Å². The van der Waals surface area contributed by atoms with Crippen LogP contribution in [-0.4, -0.2) is 13.1 Å². The molecular weight excluding hydrogens is 320 g/mol. The number of ether oxygens (including phenoxy) is 2. The van der Waals surface area contributed by atoms with Gasteiger partial charge in [0.1, 0.15) is 12.2 Å². The van der Waals surface area contributed by atoms with Gasteiger partial charge in [-0.15, -0.1) is 0 Å². The lowest BCUT2D eigenvalue weighted by Crippen LogP contribution is -2.07. The van der Waals surface area contributed by atoms with Crippen LogP contribution in [0.3, 0.4) is 0 Å². The average Bonchev–Trinajstić information content (AvgIpc) is 3.02. The number of hydrogen-bond donors (Lipinski definition) is 0. The standard InChI is InChI=1S/C16H11BrO3/c1-19-16(18)8-2-4-10-12(6-8)15-13-7-9(17)3-5-11(13)14(10)20-15/h2-7,14-15H,1H3/t14-,15+/m1/s1. The van der Waals surface area contributed by atoms with Gasteiger partial charge in [-0.1, -0.05) is 28.1 Å². The van der Waals surface area contributed by atoms with Crippen LogP contribution in [0.15, 0.2) is 40.9 Å². The van der Waals surface area contributed by atoms with E-state index in [0.29, 0.717) is 5.56 Å². The lowest BCUT2D eigenvalue weighted by molar-refractivity contribution is 0.0600. The van der Waals surface area contributed by atoms with E-state index >= 15 is 0 Å². The zero-order chi connectivity index (χ0) is 13.9. The first kappa shape index (κ1) is 12.1. The number of carbonyl (C=O) groups is 1. The molecule has 2 aliphatic rings. The fraction of sp³-hybridized carbons (Fsp3) is 0.188. The Balaban J connectivity index is 1.85. The van der Waals surface area contributed by atoms with Crippen molar-refractivity contribution in [3.63, 3.8) is 0 Å². The number of methoxy groups -OCH3 is 1. The first-order valence-corrected chi connectivity index (χ1v) is 7.15. The molecule has 0 aliphatic carbocycles. The highest BCUT2D eigenvalue weighted by Crippen LogP contribution is 2.54. The molecule has 0 N–H and O–H groups in total. The molecule has 0 unspecified atom stereocenters. The molecular formula is C16H11BrO3. The molecule has 4 heteroatoms. The fourth-order valence-electron chi connectivity index (χ4n) is 3.06. The monoisotopic (exact) mass is 330 g/mol. The third-order valence-electron chi connectivity index (χ3n) is 3.96. The highest BCUT2D eigenvalue weighted by molar-refractivity contribution is 9.10. The average molecular weight is 331 g/mol. The van der Waals surface area contributed by atoms with Crippen molar-refractivity contribution in [1.82, 2.24) is 0 Å². The molecule has 20 heavy (non-hydrogen) atoms. The topological polar surface area (TPSA) is 35.5 Å². The van der Waals surface area contributed by atoms with Crippen molar-refractivity contribution in [2.45, 2.75) is 12.2 Å². The van der Waals surface area contributed by atoms with Crippen molar-refractivity contribution in [3.05, 3.63) is 68.7 Å². The van der Waals surface area contributed by atoms with E-state index in [2.05, 4.69) is 28.1 Å². The number of esters is 1. The van der Waals surface area contributed by atoms with Crippen molar-refractivity contribution >= 4 is 21.9 Å². The molecule has 2 atom stereocenters. The molecule has 0 amide bonds. The van der Waals surface area contributed by atoms with Crippen LogP contribution < -0.4 is 0 Å². The molecule has 4 rings (SSSR count). The van der Waals surface area contributed by atoms with Gasteiger partial charge in [-0.2, -0.15) is 0 Å². The van der Waals surface area contributed by atoms with Gasteiger partial charge < -0.3 is 9.47 Å². The summed E-state index contributed by atoms with van der Waals surface area (Å²) >= 11 is 3.50. The van der Waals surface area contributed by atoms with Gasteiger partial charge >= 0.3 is 5.97 Å². The van der Waals surface area contributed by atoms with E-state index in [1.165, 1.54) is 18.2 Å². The highest BCUT2D eigenvalue weighted by Gasteiger charge is 2.42. The molecule has 2 aromatic rings. The number of carbonyl (C=O) groups excluding carboxylic acids is 1. The molecule has 0 radical (unpaired) electrons. The Hall–Kier alpha value is -1.65. The van der Waals surface area contributed by atoms with Gasteiger partial charge in [0.15, 0.2) is 0 Å². The summed E-state index contributed by atoms with van der Waals surface area (Å²) in [7, 11) is 1.39. The molecule has 100 valence electrons. The van der Waals surface area contributed by atoms with Gasteiger partial charge in [-0.05, 0) is 46.5 Å². The molecule has 2 aromatic carbocycles. The lowest BCUT2D eigenvalue weighted by atomic mass is 9.85. The van der Waals surface area contributed by atoms with Crippen LogP contribution in [-0.2, 0) is 9.47 Å². The summed E-state index contributed by atoms with van der Waals surface area (Å²) in [6, 6.07) is 11.9. The van der Waals surface area contributed by atoms with Crippen LogP contribution >= 0.6 is 15.9 Å². The van der Waals surface area contributed by atoms with Crippen LogP contribution in [0.4, 0.5) is 0 Å². The molecule has 3 nitrogen and oxygen atoms in total. The summed E-state index contributed by atoms with van der Waals surface area (Å²) in [6.45, 7) is 0. The van der Waals surface area contributed by atoms with Crippen LogP contribution in [0.1, 0.15) is 44.8 Å². The Bertz CT molecular complexity index is 738.